The second kappa shape index (κ2) is 10.1. The number of methoxy groups -OCH3 is 1. The van der Waals surface area contributed by atoms with Gasteiger partial charge in [0.2, 0.25) is 0 Å². The molecule has 1 N–H and O–H groups in total. The Morgan fingerprint density at radius 2 is 1.96 bits per heavy atom. The summed E-state index contributed by atoms with van der Waals surface area (Å²) in [6, 6.07) is 7.30. The van der Waals surface area contributed by atoms with E-state index in [4.69, 9.17) is 14.2 Å². The summed E-state index contributed by atoms with van der Waals surface area (Å²) in [7, 11) is 1.58. The zero-order valence-electron chi connectivity index (χ0n) is 13.8. The highest BCUT2D eigenvalue weighted by atomic mass is 16.5. The summed E-state index contributed by atoms with van der Waals surface area (Å²) in [5.74, 6) is 1.10. The Morgan fingerprint density at radius 3 is 2.70 bits per heavy atom. The zero-order valence-corrected chi connectivity index (χ0v) is 13.8. The average Bonchev–Trinajstić information content (AvgIpc) is 2.60. The van der Waals surface area contributed by atoms with E-state index in [2.05, 4.69) is 10.2 Å². The molecule has 1 aliphatic rings. The SMILES string of the molecule is COc1ccccc1OCC(=O)NCCCCN1CCOCC1. The standard InChI is InChI=1S/C17H26N2O4/c1-21-15-6-2-3-7-16(15)23-14-17(20)18-8-4-5-9-19-10-12-22-13-11-19/h2-3,6-7H,4-5,8-14H2,1H3,(H,18,20). The maximum Gasteiger partial charge on any atom is 0.257 e. The molecule has 128 valence electrons. The number of rotatable bonds is 9. The van der Waals surface area contributed by atoms with Crippen LogP contribution in [0.15, 0.2) is 24.3 Å². The summed E-state index contributed by atoms with van der Waals surface area (Å²) in [4.78, 5) is 14.2. The van der Waals surface area contributed by atoms with Gasteiger partial charge < -0.3 is 19.5 Å². The second-order valence-electron chi connectivity index (χ2n) is 5.45. The fourth-order valence-corrected chi connectivity index (χ4v) is 2.45. The van der Waals surface area contributed by atoms with Crippen LogP contribution in [0.25, 0.3) is 0 Å². The number of hydrogen-bond acceptors (Lipinski definition) is 5. The molecule has 1 heterocycles. The molecule has 0 aliphatic carbocycles. The normalized spacial score (nSPS) is 15.2. The minimum atomic E-state index is -0.109. The first-order valence-electron chi connectivity index (χ1n) is 8.12. The van der Waals surface area contributed by atoms with Crippen LogP contribution >= 0.6 is 0 Å². The molecule has 0 saturated carbocycles. The minimum Gasteiger partial charge on any atom is -0.493 e. The van der Waals surface area contributed by atoms with Crippen LogP contribution in [0.1, 0.15) is 12.8 Å². The molecule has 0 spiro atoms. The molecule has 6 nitrogen and oxygen atoms in total. The average molecular weight is 322 g/mol. The maximum absolute atomic E-state index is 11.8. The Balaban J connectivity index is 1.54. The highest BCUT2D eigenvalue weighted by Crippen LogP contribution is 2.25. The topological polar surface area (TPSA) is 60.0 Å². The fraction of sp³-hybridized carbons (Fsp3) is 0.588. The van der Waals surface area contributed by atoms with Gasteiger partial charge in [-0.3, -0.25) is 9.69 Å². The molecule has 1 aliphatic heterocycles. The largest absolute Gasteiger partial charge is 0.493 e. The van der Waals surface area contributed by atoms with Crippen molar-refractivity contribution in [1.29, 1.82) is 0 Å². The predicted molar refractivity (Wildman–Crippen MR) is 88.0 cm³/mol. The minimum absolute atomic E-state index is 0.00381. The fourth-order valence-electron chi connectivity index (χ4n) is 2.45. The second-order valence-corrected chi connectivity index (χ2v) is 5.45. The Hall–Kier alpha value is -1.79. The number of amides is 1. The van der Waals surface area contributed by atoms with E-state index >= 15 is 0 Å². The van der Waals surface area contributed by atoms with Gasteiger partial charge >= 0.3 is 0 Å². The number of benzene rings is 1. The molecule has 1 fully saturated rings. The summed E-state index contributed by atoms with van der Waals surface area (Å²) in [6.07, 6.45) is 2.05. The third kappa shape index (κ3) is 6.46. The van der Waals surface area contributed by atoms with Crippen molar-refractivity contribution < 1.29 is 19.0 Å². The maximum atomic E-state index is 11.8. The number of para-hydroxylation sites is 2. The molecule has 1 aromatic rings. The van der Waals surface area contributed by atoms with Gasteiger partial charge in [0, 0.05) is 19.6 Å². The van der Waals surface area contributed by atoms with Crippen molar-refractivity contribution in [3.63, 3.8) is 0 Å². The lowest BCUT2D eigenvalue weighted by Gasteiger charge is -2.26. The highest BCUT2D eigenvalue weighted by molar-refractivity contribution is 5.77. The Kier molecular flexibility index (Phi) is 7.69. The number of nitrogens with zero attached hydrogens (tertiary/aromatic N) is 1. The number of ether oxygens (including phenoxy) is 3. The molecule has 0 aromatic heterocycles. The summed E-state index contributed by atoms with van der Waals surface area (Å²) in [6.45, 7) is 5.44. The molecular formula is C17H26N2O4. The number of hydrogen-bond donors (Lipinski definition) is 1. The molecule has 1 amide bonds. The molecule has 0 bridgehead atoms. The van der Waals surface area contributed by atoms with E-state index in [0.717, 1.165) is 45.7 Å². The van der Waals surface area contributed by atoms with Gasteiger partial charge in [-0.05, 0) is 31.5 Å². The summed E-state index contributed by atoms with van der Waals surface area (Å²) >= 11 is 0. The third-order valence-electron chi connectivity index (χ3n) is 3.75. The molecule has 2 rings (SSSR count). The van der Waals surface area contributed by atoms with Crippen LogP contribution < -0.4 is 14.8 Å². The summed E-state index contributed by atoms with van der Waals surface area (Å²) < 4.78 is 16.0. The molecule has 0 radical (unpaired) electrons. The lowest BCUT2D eigenvalue weighted by molar-refractivity contribution is -0.123. The molecule has 6 heteroatoms. The zero-order chi connectivity index (χ0) is 16.3. The smallest absolute Gasteiger partial charge is 0.257 e. The van der Waals surface area contributed by atoms with Crippen molar-refractivity contribution in [3.8, 4) is 11.5 Å². The first-order chi connectivity index (χ1) is 11.3. The van der Waals surface area contributed by atoms with Crippen molar-refractivity contribution in [2.45, 2.75) is 12.8 Å². The number of morpholine rings is 1. The van der Waals surface area contributed by atoms with Gasteiger partial charge in [0.05, 0.1) is 20.3 Å². The Bertz CT molecular complexity index is 475. The molecule has 23 heavy (non-hydrogen) atoms. The van der Waals surface area contributed by atoms with Crippen LogP contribution in [0.2, 0.25) is 0 Å². The molecule has 0 unspecified atom stereocenters. The number of nitrogens with one attached hydrogen (secondary N) is 1. The van der Waals surface area contributed by atoms with E-state index in [9.17, 15) is 4.79 Å². The van der Waals surface area contributed by atoms with Gasteiger partial charge in [-0.1, -0.05) is 12.1 Å². The van der Waals surface area contributed by atoms with Gasteiger partial charge in [0.15, 0.2) is 18.1 Å². The Labute approximate surface area is 137 Å². The quantitative estimate of drug-likeness (QED) is 0.695. The first kappa shape index (κ1) is 17.6. The van der Waals surface area contributed by atoms with E-state index in [-0.39, 0.29) is 12.5 Å². The van der Waals surface area contributed by atoms with Crippen molar-refractivity contribution in [3.05, 3.63) is 24.3 Å². The van der Waals surface area contributed by atoms with E-state index in [1.165, 1.54) is 0 Å². The number of carbonyl (C=O) groups excluding carboxylic acids is 1. The van der Waals surface area contributed by atoms with Crippen molar-refractivity contribution >= 4 is 5.91 Å². The van der Waals surface area contributed by atoms with Crippen LogP contribution in [0.3, 0.4) is 0 Å². The van der Waals surface area contributed by atoms with Gasteiger partial charge in [-0.25, -0.2) is 0 Å². The first-order valence-corrected chi connectivity index (χ1v) is 8.12. The van der Waals surface area contributed by atoms with Crippen molar-refractivity contribution in [1.82, 2.24) is 10.2 Å². The van der Waals surface area contributed by atoms with Crippen LogP contribution in [0.4, 0.5) is 0 Å². The van der Waals surface area contributed by atoms with Crippen LogP contribution in [-0.4, -0.2) is 63.9 Å². The third-order valence-corrected chi connectivity index (χ3v) is 3.75. The molecule has 1 aromatic carbocycles. The summed E-state index contributed by atoms with van der Waals surface area (Å²) in [5, 5.41) is 2.88. The van der Waals surface area contributed by atoms with Gasteiger partial charge in [0.25, 0.3) is 5.91 Å². The van der Waals surface area contributed by atoms with Gasteiger partial charge in [-0.15, -0.1) is 0 Å². The van der Waals surface area contributed by atoms with E-state index < -0.39 is 0 Å². The van der Waals surface area contributed by atoms with Crippen LogP contribution in [0.5, 0.6) is 11.5 Å². The molecule has 1 saturated heterocycles. The monoisotopic (exact) mass is 322 g/mol. The molecular weight excluding hydrogens is 296 g/mol. The highest BCUT2D eigenvalue weighted by Gasteiger charge is 2.09. The van der Waals surface area contributed by atoms with Gasteiger partial charge in [0.1, 0.15) is 0 Å². The number of carbonyl (C=O) groups is 1. The van der Waals surface area contributed by atoms with Gasteiger partial charge in [-0.2, -0.15) is 0 Å². The van der Waals surface area contributed by atoms with Crippen LogP contribution in [0, 0.1) is 0 Å². The van der Waals surface area contributed by atoms with Crippen LogP contribution in [-0.2, 0) is 9.53 Å². The lowest BCUT2D eigenvalue weighted by Crippen LogP contribution is -2.37. The van der Waals surface area contributed by atoms with E-state index in [1.807, 2.05) is 12.1 Å². The molecule has 0 atom stereocenters. The van der Waals surface area contributed by atoms with E-state index in [0.29, 0.717) is 18.0 Å². The lowest BCUT2D eigenvalue weighted by atomic mass is 10.2. The van der Waals surface area contributed by atoms with E-state index in [1.54, 1.807) is 19.2 Å². The predicted octanol–water partition coefficient (Wildman–Crippen LogP) is 1.30. The summed E-state index contributed by atoms with van der Waals surface area (Å²) in [5.41, 5.74) is 0. The number of unbranched alkanes of at least 4 members (excludes halogenated alkanes) is 1. The Morgan fingerprint density at radius 1 is 1.22 bits per heavy atom. The van der Waals surface area contributed by atoms with Crippen molar-refractivity contribution in [2.24, 2.45) is 0 Å². The van der Waals surface area contributed by atoms with Crippen molar-refractivity contribution in [2.75, 3.05) is 53.1 Å².